The van der Waals surface area contributed by atoms with Crippen LogP contribution < -0.4 is 15.5 Å². The van der Waals surface area contributed by atoms with E-state index in [2.05, 4.69) is 31.5 Å². The maximum atomic E-state index is 11.9. The summed E-state index contributed by atoms with van der Waals surface area (Å²) in [7, 11) is 1.78. The highest BCUT2D eigenvalue weighted by molar-refractivity contribution is 9.10. The van der Waals surface area contributed by atoms with Crippen LogP contribution in [-0.2, 0) is 4.79 Å². The van der Waals surface area contributed by atoms with Crippen LogP contribution in [0.25, 0.3) is 0 Å². The van der Waals surface area contributed by atoms with Gasteiger partial charge in [-0.05, 0) is 48.0 Å². The first kappa shape index (κ1) is 13.9. The van der Waals surface area contributed by atoms with Crippen molar-refractivity contribution in [1.29, 1.82) is 0 Å². The van der Waals surface area contributed by atoms with Gasteiger partial charge in [-0.25, -0.2) is 0 Å². The summed E-state index contributed by atoms with van der Waals surface area (Å²) in [6.07, 6.45) is 1.39. The van der Waals surface area contributed by atoms with E-state index >= 15 is 0 Å². The highest BCUT2D eigenvalue weighted by Crippen LogP contribution is 2.39. The van der Waals surface area contributed by atoms with Crippen LogP contribution in [0, 0.1) is 0 Å². The molecule has 3 rings (SSSR count). The number of hydrogen-bond donors (Lipinski definition) is 3. The average Bonchev–Trinajstić information content (AvgIpc) is 2.73. The molecule has 5 nitrogen and oxygen atoms in total. The van der Waals surface area contributed by atoms with E-state index in [4.69, 9.17) is 0 Å². The lowest BCUT2D eigenvalue weighted by atomic mass is 10.0. The Labute approximate surface area is 126 Å². The standard InChI is InChI=1S/C14H18BrN3O2/c1-16-13-9-6-10(15)12(7-11(9)17-14(13)20)18-4-2-8(19)3-5-18/h6-8,13,16,19H,2-5H2,1H3,(H,17,20). The Kier molecular flexibility index (Phi) is 3.70. The minimum Gasteiger partial charge on any atom is -0.393 e. The molecule has 0 spiro atoms. The second kappa shape index (κ2) is 5.35. The van der Waals surface area contributed by atoms with Crippen molar-refractivity contribution in [3.8, 4) is 0 Å². The maximum Gasteiger partial charge on any atom is 0.246 e. The number of anilines is 2. The van der Waals surface area contributed by atoms with E-state index in [1.54, 1.807) is 7.05 Å². The summed E-state index contributed by atoms with van der Waals surface area (Å²) in [4.78, 5) is 14.1. The third-order valence-corrected chi connectivity index (χ3v) is 4.68. The Morgan fingerprint density at radius 1 is 1.40 bits per heavy atom. The van der Waals surface area contributed by atoms with Gasteiger partial charge in [0.1, 0.15) is 6.04 Å². The van der Waals surface area contributed by atoms with E-state index in [-0.39, 0.29) is 18.1 Å². The first-order valence-electron chi connectivity index (χ1n) is 6.84. The smallest absolute Gasteiger partial charge is 0.246 e. The van der Waals surface area contributed by atoms with Gasteiger partial charge in [0.25, 0.3) is 0 Å². The van der Waals surface area contributed by atoms with Gasteiger partial charge in [-0.1, -0.05) is 0 Å². The molecule has 0 saturated carbocycles. The third-order valence-electron chi connectivity index (χ3n) is 4.04. The van der Waals surface area contributed by atoms with Gasteiger partial charge < -0.3 is 20.6 Å². The fourth-order valence-corrected chi connectivity index (χ4v) is 3.52. The Morgan fingerprint density at radius 2 is 2.10 bits per heavy atom. The lowest BCUT2D eigenvalue weighted by Gasteiger charge is -2.32. The number of likely N-dealkylation sites (N-methyl/N-ethyl adjacent to an activating group) is 1. The van der Waals surface area contributed by atoms with Crippen molar-refractivity contribution < 1.29 is 9.90 Å². The average molecular weight is 340 g/mol. The molecule has 1 saturated heterocycles. The summed E-state index contributed by atoms with van der Waals surface area (Å²) in [5.41, 5.74) is 2.93. The van der Waals surface area contributed by atoms with E-state index < -0.39 is 0 Å². The Bertz CT molecular complexity index is 541. The van der Waals surface area contributed by atoms with Crippen LogP contribution >= 0.6 is 15.9 Å². The second-order valence-electron chi connectivity index (χ2n) is 5.32. The van der Waals surface area contributed by atoms with Crippen LogP contribution in [-0.4, -0.2) is 37.3 Å². The molecule has 1 atom stereocenters. The number of carbonyl (C=O) groups is 1. The molecular weight excluding hydrogens is 322 g/mol. The van der Waals surface area contributed by atoms with Crippen LogP contribution in [0.15, 0.2) is 16.6 Å². The molecule has 0 aromatic heterocycles. The zero-order valence-electron chi connectivity index (χ0n) is 11.3. The first-order chi connectivity index (χ1) is 9.60. The lowest BCUT2D eigenvalue weighted by Crippen LogP contribution is -2.36. The SMILES string of the molecule is CNC1C(=O)Nc2cc(N3CCC(O)CC3)c(Br)cc21. The zero-order chi connectivity index (χ0) is 14.3. The number of benzene rings is 1. The van der Waals surface area contributed by atoms with Crippen molar-refractivity contribution in [3.63, 3.8) is 0 Å². The summed E-state index contributed by atoms with van der Waals surface area (Å²) >= 11 is 3.61. The van der Waals surface area contributed by atoms with E-state index in [1.165, 1.54) is 0 Å². The van der Waals surface area contributed by atoms with Gasteiger partial charge in [-0.15, -0.1) is 0 Å². The monoisotopic (exact) mass is 339 g/mol. The number of halogens is 1. The van der Waals surface area contributed by atoms with Crippen molar-refractivity contribution in [2.45, 2.75) is 25.0 Å². The summed E-state index contributed by atoms with van der Waals surface area (Å²) in [6, 6.07) is 3.75. The quantitative estimate of drug-likeness (QED) is 0.766. The molecule has 20 heavy (non-hydrogen) atoms. The number of rotatable bonds is 2. The van der Waals surface area contributed by atoms with E-state index in [0.29, 0.717) is 0 Å². The van der Waals surface area contributed by atoms with E-state index in [1.807, 2.05) is 12.1 Å². The molecule has 1 unspecified atom stereocenters. The normalized spacial score (nSPS) is 22.9. The molecule has 1 amide bonds. The Hall–Kier alpha value is -1.11. The topological polar surface area (TPSA) is 64.6 Å². The van der Waals surface area contributed by atoms with Gasteiger partial charge in [0.2, 0.25) is 5.91 Å². The molecule has 0 bridgehead atoms. The number of aliphatic hydroxyl groups excluding tert-OH is 1. The molecule has 6 heteroatoms. The summed E-state index contributed by atoms with van der Waals surface area (Å²) in [5.74, 6) is -0.0133. The predicted molar refractivity (Wildman–Crippen MR) is 82.0 cm³/mol. The van der Waals surface area contributed by atoms with E-state index in [0.717, 1.165) is 47.3 Å². The van der Waals surface area contributed by atoms with Crippen LogP contribution in [0.4, 0.5) is 11.4 Å². The molecular formula is C14H18BrN3O2. The van der Waals surface area contributed by atoms with Gasteiger partial charge in [0.15, 0.2) is 0 Å². The van der Waals surface area contributed by atoms with Crippen molar-refractivity contribution in [1.82, 2.24) is 5.32 Å². The minimum atomic E-state index is -0.279. The lowest BCUT2D eigenvalue weighted by molar-refractivity contribution is -0.117. The molecule has 2 aliphatic rings. The number of amides is 1. The Balaban J connectivity index is 1.91. The van der Waals surface area contributed by atoms with Crippen LogP contribution in [0.5, 0.6) is 0 Å². The number of fused-ring (bicyclic) bond motifs is 1. The van der Waals surface area contributed by atoms with Crippen molar-refractivity contribution in [2.24, 2.45) is 0 Å². The fourth-order valence-electron chi connectivity index (χ4n) is 2.91. The first-order valence-corrected chi connectivity index (χ1v) is 7.64. The van der Waals surface area contributed by atoms with Crippen molar-refractivity contribution in [2.75, 3.05) is 30.4 Å². The fraction of sp³-hybridized carbons (Fsp3) is 0.500. The summed E-state index contributed by atoms with van der Waals surface area (Å²) in [6.45, 7) is 1.67. The number of nitrogens with one attached hydrogen (secondary N) is 2. The van der Waals surface area contributed by atoms with Crippen LogP contribution in [0.1, 0.15) is 24.4 Å². The molecule has 3 N–H and O–H groups in total. The second-order valence-corrected chi connectivity index (χ2v) is 6.17. The number of piperidine rings is 1. The van der Waals surface area contributed by atoms with Crippen LogP contribution in [0.3, 0.4) is 0 Å². The molecule has 1 fully saturated rings. The molecule has 0 radical (unpaired) electrons. The molecule has 1 aromatic carbocycles. The minimum absolute atomic E-state index is 0.0133. The zero-order valence-corrected chi connectivity index (χ0v) is 12.9. The van der Waals surface area contributed by atoms with Gasteiger partial charge >= 0.3 is 0 Å². The van der Waals surface area contributed by atoms with Crippen molar-refractivity contribution >= 4 is 33.2 Å². The van der Waals surface area contributed by atoms with E-state index in [9.17, 15) is 9.90 Å². The summed E-state index contributed by atoms with van der Waals surface area (Å²) in [5, 5.41) is 15.5. The van der Waals surface area contributed by atoms with Crippen LogP contribution in [0.2, 0.25) is 0 Å². The summed E-state index contributed by atoms with van der Waals surface area (Å²) < 4.78 is 0.990. The molecule has 2 aliphatic heterocycles. The molecule has 0 aliphatic carbocycles. The molecule has 2 heterocycles. The molecule has 1 aromatic rings. The van der Waals surface area contributed by atoms with Gasteiger partial charge in [-0.2, -0.15) is 0 Å². The third kappa shape index (κ3) is 2.32. The van der Waals surface area contributed by atoms with Gasteiger partial charge in [0.05, 0.1) is 11.8 Å². The number of aliphatic hydroxyl groups is 1. The number of hydrogen-bond acceptors (Lipinski definition) is 4. The highest BCUT2D eigenvalue weighted by Gasteiger charge is 2.31. The Morgan fingerprint density at radius 3 is 2.75 bits per heavy atom. The van der Waals surface area contributed by atoms with Gasteiger partial charge in [-0.3, -0.25) is 4.79 Å². The molecule has 108 valence electrons. The maximum absolute atomic E-state index is 11.9. The highest BCUT2D eigenvalue weighted by atomic mass is 79.9. The number of nitrogens with zero attached hydrogens (tertiary/aromatic N) is 1. The van der Waals surface area contributed by atoms with Gasteiger partial charge in [0, 0.05) is 28.8 Å². The van der Waals surface area contributed by atoms with Crippen molar-refractivity contribution in [3.05, 3.63) is 22.2 Å². The number of carbonyl (C=O) groups excluding carboxylic acids is 1. The largest absolute Gasteiger partial charge is 0.393 e. The predicted octanol–water partition coefficient (Wildman–Crippen LogP) is 1.62.